The average Bonchev–Trinajstić information content (AvgIpc) is 3.11. The van der Waals surface area contributed by atoms with Crippen molar-refractivity contribution in [3.8, 4) is 0 Å². The highest BCUT2D eigenvalue weighted by molar-refractivity contribution is 5.95. The van der Waals surface area contributed by atoms with Gasteiger partial charge in [-0.25, -0.2) is 14.3 Å². The van der Waals surface area contributed by atoms with E-state index in [0.29, 0.717) is 12.2 Å². The van der Waals surface area contributed by atoms with Gasteiger partial charge in [0, 0.05) is 26.3 Å². The van der Waals surface area contributed by atoms with Gasteiger partial charge in [0.05, 0.1) is 6.33 Å². The highest BCUT2D eigenvalue weighted by Crippen LogP contribution is 2.13. The molecule has 0 saturated carbocycles. The first-order chi connectivity index (χ1) is 13.8. The molecule has 0 bridgehead atoms. The molecule has 0 fully saturated rings. The Hall–Kier alpha value is -3.69. The SMILES string of the molecule is CCN(C(=O)COC(=O)Cn1c(=O)c2c(ncn2C)n(C)c1=O)c1ccccc1. The zero-order chi connectivity index (χ0) is 21.1. The number of nitrogens with zero attached hydrogens (tertiary/aromatic N) is 5. The summed E-state index contributed by atoms with van der Waals surface area (Å²) in [4.78, 5) is 55.1. The average molecular weight is 399 g/mol. The number of anilines is 1. The summed E-state index contributed by atoms with van der Waals surface area (Å²) in [5, 5.41) is 0. The molecule has 0 atom stereocenters. The fourth-order valence-electron chi connectivity index (χ4n) is 3.04. The third-order valence-electron chi connectivity index (χ3n) is 4.53. The third kappa shape index (κ3) is 3.82. The van der Waals surface area contributed by atoms with Gasteiger partial charge in [-0.2, -0.15) is 0 Å². The Morgan fingerprint density at radius 1 is 1.14 bits per heavy atom. The van der Waals surface area contributed by atoms with E-state index < -0.39 is 36.3 Å². The fraction of sp³-hybridized carbons (Fsp3) is 0.316. The van der Waals surface area contributed by atoms with Gasteiger partial charge in [-0.1, -0.05) is 18.2 Å². The van der Waals surface area contributed by atoms with E-state index in [1.54, 1.807) is 38.2 Å². The molecule has 0 aliphatic heterocycles. The van der Waals surface area contributed by atoms with Gasteiger partial charge in [0.25, 0.3) is 11.5 Å². The summed E-state index contributed by atoms with van der Waals surface area (Å²) in [5.41, 5.74) is -0.237. The van der Waals surface area contributed by atoms with Crippen LogP contribution in [0.3, 0.4) is 0 Å². The number of likely N-dealkylation sites (N-methyl/N-ethyl adjacent to an activating group) is 1. The Balaban J connectivity index is 1.75. The van der Waals surface area contributed by atoms with Crippen LogP contribution in [0.15, 0.2) is 46.2 Å². The number of hydrogen-bond donors (Lipinski definition) is 0. The summed E-state index contributed by atoms with van der Waals surface area (Å²) in [6.07, 6.45) is 1.41. The molecule has 0 radical (unpaired) electrons. The van der Waals surface area contributed by atoms with Crippen LogP contribution in [0.25, 0.3) is 11.2 Å². The van der Waals surface area contributed by atoms with Crippen LogP contribution in [0, 0.1) is 0 Å². The predicted molar refractivity (Wildman–Crippen MR) is 106 cm³/mol. The molecule has 3 aromatic rings. The van der Waals surface area contributed by atoms with Crippen molar-refractivity contribution >= 4 is 28.7 Å². The number of benzene rings is 1. The molecule has 152 valence electrons. The molecule has 2 aromatic heterocycles. The molecule has 10 nitrogen and oxygen atoms in total. The van der Waals surface area contributed by atoms with E-state index in [2.05, 4.69) is 4.98 Å². The smallest absolute Gasteiger partial charge is 0.333 e. The summed E-state index contributed by atoms with van der Waals surface area (Å²) >= 11 is 0. The molecule has 10 heteroatoms. The van der Waals surface area contributed by atoms with E-state index in [-0.39, 0.29) is 11.2 Å². The van der Waals surface area contributed by atoms with Gasteiger partial charge in [-0.3, -0.25) is 19.0 Å². The maximum Gasteiger partial charge on any atom is 0.333 e. The number of rotatable bonds is 6. The van der Waals surface area contributed by atoms with E-state index in [0.717, 1.165) is 4.57 Å². The first kappa shape index (κ1) is 20.1. The third-order valence-corrected chi connectivity index (χ3v) is 4.53. The number of aryl methyl sites for hydroxylation is 2. The molecule has 1 amide bonds. The van der Waals surface area contributed by atoms with Crippen molar-refractivity contribution in [2.24, 2.45) is 14.1 Å². The molecular formula is C19H21N5O5. The minimum atomic E-state index is -0.858. The van der Waals surface area contributed by atoms with Gasteiger partial charge in [0.2, 0.25) is 0 Å². The van der Waals surface area contributed by atoms with Crippen LogP contribution in [0.1, 0.15) is 6.92 Å². The number of para-hydroxylation sites is 1. The fourth-order valence-corrected chi connectivity index (χ4v) is 3.04. The Labute approximate surface area is 165 Å². The second-order valence-electron chi connectivity index (χ2n) is 6.39. The Morgan fingerprint density at radius 2 is 1.83 bits per heavy atom. The zero-order valence-electron chi connectivity index (χ0n) is 16.4. The highest BCUT2D eigenvalue weighted by Gasteiger charge is 2.19. The van der Waals surface area contributed by atoms with Crippen LogP contribution in [0.2, 0.25) is 0 Å². The lowest BCUT2D eigenvalue weighted by Gasteiger charge is -2.20. The largest absolute Gasteiger partial charge is 0.454 e. The van der Waals surface area contributed by atoms with E-state index >= 15 is 0 Å². The zero-order valence-corrected chi connectivity index (χ0v) is 16.4. The van der Waals surface area contributed by atoms with Crippen LogP contribution in [-0.2, 0) is 35.0 Å². The van der Waals surface area contributed by atoms with Crippen LogP contribution >= 0.6 is 0 Å². The lowest BCUT2D eigenvalue weighted by atomic mass is 10.3. The summed E-state index contributed by atoms with van der Waals surface area (Å²) in [6.45, 7) is 1.11. The minimum absolute atomic E-state index is 0.192. The Morgan fingerprint density at radius 3 is 2.48 bits per heavy atom. The number of imidazole rings is 1. The normalized spacial score (nSPS) is 10.9. The standard InChI is InChI=1S/C19H21N5O5/c1-4-23(13-8-6-5-7-9-13)14(25)11-29-15(26)10-24-18(27)16-17(20-12-21(16)2)22(3)19(24)28/h5-9,12H,4,10-11H2,1-3H3. The molecule has 0 spiro atoms. The summed E-state index contributed by atoms with van der Waals surface area (Å²) in [5.74, 6) is -1.27. The molecule has 0 aliphatic rings. The van der Waals surface area contributed by atoms with Gasteiger partial charge in [0.15, 0.2) is 17.8 Å². The van der Waals surface area contributed by atoms with Crippen molar-refractivity contribution in [3.05, 3.63) is 57.5 Å². The number of fused-ring (bicyclic) bond motifs is 1. The lowest BCUT2D eigenvalue weighted by Crippen LogP contribution is -2.42. The van der Waals surface area contributed by atoms with Crippen molar-refractivity contribution in [3.63, 3.8) is 0 Å². The van der Waals surface area contributed by atoms with E-state index in [9.17, 15) is 19.2 Å². The van der Waals surface area contributed by atoms with Crippen LogP contribution in [-0.4, -0.2) is 43.7 Å². The van der Waals surface area contributed by atoms with Crippen molar-refractivity contribution in [1.82, 2.24) is 18.7 Å². The van der Waals surface area contributed by atoms with Gasteiger partial charge in [0.1, 0.15) is 6.54 Å². The summed E-state index contributed by atoms with van der Waals surface area (Å²) in [6, 6.07) is 8.98. The van der Waals surface area contributed by atoms with Gasteiger partial charge >= 0.3 is 11.7 Å². The number of amides is 1. The first-order valence-electron chi connectivity index (χ1n) is 8.97. The number of carbonyl (C=O) groups excluding carboxylic acids is 2. The predicted octanol–water partition coefficient (Wildman–Crippen LogP) is 0.0300. The highest BCUT2D eigenvalue weighted by atomic mass is 16.5. The molecule has 1 aromatic carbocycles. The monoisotopic (exact) mass is 399 g/mol. The van der Waals surface area contributed by atoms with Crippen molar-refractivity contribution in [2.75, 3.05) is 18.1 Å². The van der Waals surface area contributed by atoms with Gasteiger partial charge < -0.3 is 14.2 Å². The second kappa shape index (κ2) is 8.13. The van der Waals surface area contributed by atoms with Crippen molar-refractivity contribution < 1.29 is 14.3 Å². The number of esters is 1. The Bertz CT molecular complexity index is 1180. The molecule has 0 aliphatic carbocycles. The van der Waals surface area contributed by atoms with E-state index in [4.69, 9.17) is 4.74 Å². The first-order valence-corrected chi connectivity index (χ1v) is 8.97. The molecule has 0 saturated heterocycles. The van der Waals surface area contributed by atoms with E-state index in [1.807, 2.05) is 6.07 Å². The Kier molecular flexibility index (Phi) is 5.62. The summed E-state index contributed by atoms with van der Waals surface area (Å²) in [7, 11) is 3.08. The number of aromatic nitrogens is 4. The van der Waals surface area contributed by atoms with Gasteiger partial charge in [-0.15, -0.1) is 0 Å². The topological polar surface area (TPSA) is 108 Å². The molecule has 2 heterocycles. The number of carbonyl (C=O) groups is 2. The van der Waals surface area contributed by atoms with Crippen molar-refractivity contribution in [2.45, 2.75) is 13.5 Å². The molecule has 0 unspecified atom stereocenters. The van der Waals surface area contributed by atoms with Crippen LogP contribution < -0.4 is 16.1 Å². The quantitative estimate of drug-likeness (QED) is 0.541. The molecule has 0 N–H and O–H groups in total. The maximum absolute atomic E-state index is 12.6. The lowest BCUT2D eigenvalue weighted by molar-refractivity contribution is -0.148. The molecule has 3 rings (SSSR count). The van der Waals surface area contributed by atoms with Gasteiger partial charge in [-0.05, 0) is 19.1 Å². The molecular weight excluding hydrogens is 378 g/mol. The van der Waals surface area contributed by atoms with Crippen LogP contribution in [0.5, 0.6) is 0 Å². The van der Waals surface area contributed by atoms with Crippen LogP contribution in [0.4, 0.5) is 5.69 Å². The minimum Gasteiger partial charge on any atom is -0.454 e. The number of ether oxygens (including phenoxy) is 1. The number of hydrogen-bond acceptors (Lipinski definition) is 6. The van der Waals surface area contributed by atoms with E-state index in [1.165, 1.54) is 27.4 Å². The molecule has 29 heavy (non-hydrogen) atoms. The maximum atomic E-state index is 12.6. The summed E-state index contributed by atoms with van der Waals surface area (Å²) < 4.78 is 8.45. The second-order valence-corrected chi connectivity index (χ2v) is 6.39. The van der Waals surface area contributed by atoms with Crippen molar-refractivity contribution in [1.29, 1.82) is 0 Å².